The molecule has 0 bridgehead atoms. The van der Waals surface area contributed by atoms with Crippen molar-refractivity contribution >= 4 is 13.8 Å². The van der Waals surface area contributed by atoms with Gasteiger partial charge in [0, 0.05) is 13.0 Å². The number of hydrogen-bond donors (Lipinski definition) is 0. The number of esters is 1. The standard InChI is InChI=1S/C53H108NO7P/c1-6-8-10-12-14-16-18-20-22-24-25-26-27-28-29-30-32-34-36-38-40-42-44-46-53(55)61-52(51-60-62(56,57)59-49-47-54(3,4)5)50-58-48-45-43-41-39-37-35-33-31-23-21-19-17-15-13-11-9-7-2/h52H,6-51H2,1-5H3. The molecule has 0 saturated heterocycles. The van der Waals surface area contributed by atoms with Gasteiger partial charge in [0.05, 0.1) is 34.4 Å². The molecule has 0 aliphatic rings. The minimum Gasteiger partial charge on any atom is -0.756 e. The Morgan fingerprint density at radius 1 is 0.435 bits per heavy atom. The number of quaternary nitrogens is 1. The molecule has 0 aromatic rings. The molecule has 2 unspecified atom stereocenters. The van der Waals surface area contributed by atoms with Crippen LogP contribution < -0.4 is 4.89 Å². The van der Waals surface area contributed by atoms with E-state index >= 15 is 0 Å². The molecule has 0 aliphatic carbocycles. The Balaban J connectivity index is 4.03. The fraction of sp³-hybridized carbons (Fsp3) is 0.981. The number of rotatable bonds is 52. The van der Waals surface area contributed by atoms with Crippen molar-refractivity contribution in [1.82, 2.24) is 0 Å². The zero-order valence-electron chi connectivity index (χ0n) is 42.4. The quantitative estimate of drug-likeness (QED) is 0.0260. The number of nitrogens with zero attached hydrogens (tertiary/aromatic N) is 1. The van der Waals surface area contributed by atoms with Crippen LogP contribution in [0.3, 0.4) is 0 Å². The summed E-state index contributed by atoms with van der Waals surface area (Å²) in [7, 11) is 1.38. The lowest BCUT2D eigenvalue weighted by molar-refractivity contribution is -0.870. The van der Waals surface area contributed by atoms with Gasteiger partial charge in [0.15, 0.2) is 0 Å². The average molecular weight is 902 g/mol. The smallest absolute Gasteiger partial charge is 0.306 e. The number of ether oxygens (including phenoxy) is 2. The summed E-state index contributed by atoms with van der Waals surface area (Å²) in [6.45, 7) is 5.50. The Morgan fingerprint density at radius 3 is 1.06 bits per heavy atom. The largest absolute Gasteiger partial charge is 0.756 e. The second-order valence-corrected chi connectivity index (χ2v) is 21.4. The van der Waals surface area contributed by atoms with E-state index in [2.05, 4.69) is 13.8 Å². The highest BCUT2D eigenvalue weighted by molar-refractivity contribution is 7.45. The fourth-order valence-corrected chi connectivity index (χ4v) is 8.93. The lowest BCUT2D eigenvalue weighted by Crippen LogP contribution is -2.37. The summed E-state index contributed by atoms with van der Waals surface area (Å²) in [6, 6.07) is 0. The average Bonchev–Trinajstić information content (AvgIpc) is 3.23. The highest BCUT2D eigenvalue weighted by Gasteiger charge is 2.20. The van der Waals surface area contributed by atoms with Gasteiger partial charge in [-0.15, -0.1) is 0 Å². The highest BCUT2D eigenvalue weighted by Crippen LogP contribution is 2.38. The van der Waals surface area contributed by atoms with Crippen LogP contribution in [0.25, 0.3) is 0 Å². The monoisotopic (exact) mass is 902 g/mol. The van der Waals surface area contributed by atoms with E-state index in [4.69, 9.17) is 18.5 Å². The van der Waals surface area contributed by atoms with Crippen LogP contribution in [-0.2, 0) is 27.9 Å². The number of carbonyl (C=O) groups is 1. The molecule has 0 N–H and O–H groups in total. The van der Waals surface area contributed by atoms with Gasteiger partial charge in [-0.1, -0.05) is 258 Å². The Labute approximate surface area is 387 Å². The lowest BCUT2D eigenvalue weighted by atomic mass is 10.0. The van der Waals surface area contributed by atoms with Gasteiger partial charge in [-0.3, -0.25) is 9.36 Å². The van der Waals surface area contributed by atoms with E-state index in [-0.39, 0.29) is 25.8 Å². The van der Waals surface area contributed by atoms with Gasteiger partial charge < -0.3 is 27.9 Å². The molecule has 8 nitrogen and oxygen atoms in total. The number of likely N-dealkylation sites (N-methyl/N-ethyl adjacent to an activating group) is 1. The minimum absolute atomic E-state index is 0.0318. The van der Waals surface area contributed by atoms with Crippen molar-refractivity contribution in [2.45, 2.75) is 283 Å². The van der Waals surface area contributed by atoms with Crippen molar-refractivity contribution in [2.75, 3.05) is 54.1 Å². The van der Waals surface area contributed by atoms with Crippen molar-refractivity contribution in [3.05, 3.63) is 0 Å². The van der Waals surface area contributed by atoms with E-state index in [1.807, 2.05) is 21.1 Å². The summed E-state index contributed by atoms with van der Waals surface area (Å²) in [5.74, 6) is -0.324. The van der Waals surface area contributed by atoms with Crippen molar-refractivity contribution in [2.24, 2.45) is 0 Å². The topological polar surface area (TPSA) is 94.1 Å². The summed E-state index contributed by atoms with van der Waals surface area (Å²) in [5.41, 5.74) is 0. The molecule has 0 aliphatic heterocycles. The second kappa shape index (κ2) is 47.0. The van der Waals surface area contributed by atoms with Crippen molar-refractivity contribution in [3.63, 3.8) is 0 Å². The molecule has 0 saturated carbocycles. The number of phosphoric ester groups is 1. The van der Waals surface area contributed by atoms with Gasteiger partial charge in [0.2, 0.25) is 0 Å². The number of carbonyl (C=O) groups excluding carboxylic acids is 1. The summed E-state index contributed by atoms with van der Waals surface area (Å²) < 4.78 is 34.8. The molecule has 0 heterocycles. The molecule has 0 radical (unpaired) electrons. The Morgan fingerprint density at radius 2 is 0.742 bits per heavy atom. The number of phosphoric acid groups is 1. The summed E-state index contributed by atoms with van der Waals surface area (Å²) in [5, 5.41) is 0. The van der Waals surface area contributed by atoms with Crippen LogP contribution in [0.5, 0.6) is 0 Å². The van der Waals surface area contributed by atoms with Crippen LogP contribution in [0.15, 0.2) is 0 Å². The first-order valence-electron chi connectivity index (χ1n) is 27.3. The maximum absolute atomic E-state index is 12.8. The molecule has 0 aromatic carbocycles. The third-order valence-corrected chi connectivity index (χ3v) is 13.4. The van der Waals surface area contributed by atoms with E-state index in [0.29, 0.717) is 24.1 Å². The van der Waals surface area contributed by atoms with E-state index in [1.165, 1.54) is 225 Å². The van der Waals surface area contributed by atoms with Crippen molar-refractivity contribution in [3.8, 4) is 0 Å². The van der Waals surface area contributed by atoms with Gasteiger partial charge in [-0.2, -0.15) is 0 Å². The SMILES string of the molecule is CCCCCCCCCCCCCCCCCCCCCCCCCC(=O)OC(COCCCCCCCCCCCCCCCCCCC)COP(=O)([O-])OCC[N+](C)(C)C. The molecule has 0 rings (SSSR count). The normalized spacial score (nSPS) is 13.5. The molecule has 62 heavy (non-hydrogen) atoms. The van der Waals surface area contributed by atoms with Gasteiger partial charge >= 0.3 is 5.97 Å². The van der Waals surface area contributed by atoms with E-state index in [0.717, 1.165) is 32.1 Å². The fourth-order valence-electron chi connectivity index (χ4n) is 8.20. The predicted molar refractivity (Wildman–Crippen MR) is 264 cm³/mol. The molecule has 372 valence electrons. The van der Waals surface area contributed by atoms with Gasteiger partial charge in [0.25, 0.3) is 7.82 Å². The first-order chi connectivity index (χ1) is 30.1. The Kier molecular flexibility index (Phi) is 46.6. The van der Waals surface area contributed by atoms with Crippen molar-refractivity contribution in [1.29, 1.82) is 0 Å². The Bertz CT molecular complexity index is 961. The predicted octanol–water partition coefficient (Wildman–Crippen LogP) is 16.2. The zero-order valence-corrected chi connectivity index (χ0v) is 43.3. The van der Waals surface area contributed by atoms with Gasteiger partial charge in [-0.05, 0) is 12.8 Å². The number of unbranched alkanes of at least 4 members (excludes halogenated alkanes) is 38. The van der Waals surface area contributed by atoms with Crippen LogP contribution >= 0.6 is 7.82 Å². The summed E-state index contributed by atoms with van der Waals surface area (Å²) >= 11 is 0. The van der Waals surface area contributed by atoms with Crippen LogP contribution in [0.4, 0.5) is 0 Å². The summed E-state index contributed by atoms with van der Waals surface area (Å²) in [4.78, 5) is 25.2. The Hall–Kier alpha value is -0.500. The first-order valence-corrected chi connectivity index (χ1v) is 28.7. The molecule has 0 fully saturated rings. The maximum atomic E-state index is 12.8. The van der Waals surface area contributed by atoms with E-state index < -0.39 is 13.9 Å². The maximum Gasteiger partial charge on any atom is 0.306 e. The van der Waals surface area contributed by atoms with Crippen molar-refractivity contribution < 1.29 is 37.3 Å². The molecule has 2 atom stereocenters. The molecular weight excluding hydrogens is 794 g/mol. The molecule has 0 spiro atoms. The lowest BCUT2D eigenvalue weighted by Gasteiger charge is -2.28. The zero-order chi connectivity index (χ0) is 45.5. The second-order valence-electron chi connectivity index (χ2n) is 20.0. The highest BCUT2D eigenvalue weighted by atomic mass is 31.2. The van der Waals surface area contributed by atoms with Gasteiger partial charge in [0.1, 0.15) is 19.3 Å². The third kappa shape index (κ3) is 50.5. The first kappa shape index (κ1) is 61.5. The third-order valence-electron chi connectivity index (χ3n) is 12.4. The van der Waals surface area contributed by atoms with E-state index in [1.54, 1.807) is 0 Å². The van der Waals surface area contributed by atoms with Crippen LogP contribution in [0.2, 0.25) is 0 Å². The molecule has 0 aromatic heterocycles. The summed E-state index contributed by atoms with van der Waals surface area (Å²) in [6.07, 6.45) is 52.7. The number of hydrogen-bond acceptors (Lipinski definition) is 7. The van der Waals surface area contributed by atoms with Crippen LogP contribution in [0, 0.1) is 0 Å². The van der Waals surface area contributed by atoms with Gasteiger partial charge in [-0.25, -0.2) is 0 Å². The molecular formula is C53H108NO7P. The molecule has 9 heteroatoms. The van der Waals surface area contributed by atoms with Crippen LogP contribution in [-0.4, -0.2) is 70.7 Å². The van der Waals surface area contributed by atoms with E-state index in [9.17, 15) is 14.3 Å². The molecule has 0 amide bonds. The minimum atomic E-state index is -4.52. The van der Waals surface area contributed by atoms with Crippen LogP contribution in [0.1, 0.15) is 277 Å².